The van der Waals surface area contributed by atoms with Crippen LogP contribution < -0.4 is 5.73 Å². The Bertz CT molecular complexity index is 290. The van der Waals surface area contributed by atoms with Gasteiger partial charge in [0, 0.05) is 13.2 Å². The molecule has 1 aromatic rings. The van der Waals surface area contributed by atoms with E-state index in [0.717, 1.165) is 19.4 Å². The van der Waals surface area contributed by atoms with Crippen molar-refractivity contribution in [3.05, 3.63) is 35.9 Å². The normalized spacial score (nSPS) is 12.6. The van der Waals surface area contributed by atoms with Crippen molar-refractivity contribution in [1.29, 1.82) is 0 Å². The molecule has 0 fully saturated rings. The highest BCUT2D eigenvalue weighted by Crippen LogP contribution is 2.07. The smallest absolute Gasteiger partial charge is 0.0895 e. The van der Waals surface area contributed by atoms with Gasteiger partial charge in [0.15, 0.2) is 0 Å². The van der Waals surface area contributed by atoms with Gasteiger partial charge in [-0.25, -0.2) is 0 Å². The quantitative estimate of drug-likeness (QED) is 0.626. The Morgan fingerprint density at radius 1 is 1.06 bits per heavy atom. The summed E-state index contributed by atoms with van der Waals surface area (Å²) in [5.74, 6) is 0. The number of unbranched alkanes of at least 4 members (excludes halogenated alkanes) is 3. The minimum absolute atomic E-state index is 0.275. The summed E-state index contributed by atoms with van der Waals surface area (Å²) in [4.78, 5) is 0. The Hall–Kier alpha value is -0.900. The fourth-order valence-electron chi connectivity index (χ4n) is 1.82. The largest absolute Gasteiger partial charge is 0.389 e. The van der Waals surface area contributed by atoms with Crippen molar-refractivity contribution in [2.75, 3.05) is 19.8 Å². The first kappa shape index (κ1) is 15.2. The highest BCUT2D eigenvalue weighted by molar-refractivity contribution is 5.14. The molecule has 1 atom stereocenters. The van der Waals surface area contributed by atoms with E-state index in [2.05, 4.69) is 30.3 Å². The molecule has 102 valence electrons. The molecule has 0 radical (unpaired) electrons. The van der Waals surface area contributed by atoms with Crippen molar-refractivity contribution in [1.82, 2.24) is 0 Å². The van der Waals surface area contributed by atoms with Crippen molar-refractivity contribution >= 4 is 0 Å². The second-order valence-electron chi connectivity index (χ2n) is 4.61. The minimum atomic E-state index is -0.511. The molecule has 1 unspecified atom stereocenters. The SMILES string of the molecule is NCC(O)COCCCCCCc1ccccc1. The molecule has 0 bridgehead atoms. The van der Waals surface area contributed by atoms with Gasteiger partial charge in [0.2, 0.25) is 0 Å². The molecule has 3 nitrogen and oxygen atoms in total. The summed E-state index contributed by atoms with van der Waals surface area (Å²) in [6.45, 7) is 1.36. The molecule has 0 saturated heterocycles. The summed E-state index contributed by atoms with van der Waals surface area (Å²) in [6.07, 6.45) is 5.36. The molecule has 0 aliphatic rings. The standard InChI is InChI=1S/C15H25NO2/c16-12-15(17)13-18-11-7-2-1-4-8-14-9-5-3-6-10-14/h3,5-6,9-10,15,17H,1-2,4,7-8,11-13,16H2. The van der Waals surface area contributed by atoms with Crippen LogP contribution in [-0.4, -0.2) is 31.0 Å². The number of aliphatic hydroxyl groups excluding tert-OH is 1. The molecular weight excluding hydrogens is 226 g/mol. The molecular formula is C15H25NO2. The van der Waals surface area contributed by atoms with E-state index in [-0.39, 0.29) is 6.54 Å². The van der Waals surface area contributed by atoms with E-state index in [4.69, 9.17) is 10.5 Å². The highest BCUT2D eigenvalue weighted by atomic mass is 16.5. The third-order valence-electron chi connectivity index (χ3n) is 2.93. The second-order valence-corrected chi connectivity index (χ2v) is 4.61. The van der Waals surface area contributed by atoms with Crippen LogP contribution in [0, 0.1) is 0 Å². The van der Waals surface area contributed by atoms with Gasteiger partial charge < -0.3 is 15.6 Å². The fourth-order valence-corrected chi connectivity index (χ4v) is 1.82. The number of rotatable bonds is 10. The number of aryl methyl sites for hydroxylation is 1. The topological polar surface area (TPSA) is 55.5 Å². The number of benzene rings is 1. The highest BCUT2D eigenvalue weighted by Gasteiger charge is 1.99. The van der Waals surface area contributed by atoms with Gasteiger partial charge in [-0.3, -0.25) is 0 Å². The van der Waals surface area contributed by atoms with Crippen LogP contribution in [0.1, 0.15) is 31.2 Å². The molecule has 0 heterocycles. The van der Waals surface area contributed by atoms with Gasteiger partial charge in [0.1, 0.15) is 0 Å². The zero-order valence-electron chi connectivity index (χ0n) is 11.1. The average Bonchev–Trinajstić information content (AvgIpc) is 2.42. The van der Waals surface area contributed by atoms with Gasteiger partial charge in [-0.1, -0.05) is 43.2 Å². The molecule has 0 spiro atoms. The Morgan fingerprint density at radius 3 is 2.50 bits per heavy atom. The van der Waals surface area contributed by atoms with Gasteiger partial charge in [-0.15, -0.1) is 0 Å². The van der Waals surface area contributed by atoms with Crippen LogP contribution in [0.25, 0.3) is 0 Å². The van der Waals surface area contributed by atoms with Crippen LogP contribution in [0.15, 0.2) is 30.3 Å². The van der Waals surface area contributed by atoms with Gasteiger partial charge in [-0.05, 0) is 24.8 Å². The first-order valence-electron chi connectivity index (χ1n) is 6.82. The van der Waals surface area contributed by atoms with Crippen LogP contribution in [0.4, 0.5) is 0 Å². The number of hydrogen-bond donors (Lipinski definition) is 2. The van der Waals surface area contributed by atoms with E-state index in [1.165, 1.54) is 24.8 Å². The van der Waals surface area contributed by atoms with Gasteiger partial charge in [0.25, 0.3) is 0 Å². The Kier molecular flexibility index (Phi) is 8.47. The predicted octanol–water partition coefficient (Wildman–Crippen LogP) is 2.13. The maximum Gasteiger partial charge on any atom is 0.0895 e. The van der Waals surface area contributed by atoms with E-state index in [9.17, 15) is 5.11 Å². The number of hydrogen-bond acceptors (Lipinski definition) is 3. The number of aliphatic hydroxyl groups is 1. The molecule has 0 aromatic heterocycles. The molecule has 0 aliphatic carbocycles. The van der Waals surface area contributed by atoms with Crippen molar-refractivity contribution in [3.8, 4) is 0 Å². The van der Waals surface area contributed by atoms with E-state index in [0.29, 0.717) is 6.61 Å². The molecule has 0 aliphatic heterocycles. The Morgan fingerprint density at radius 2 is 1.78 bits per heavy atom. The molecule has 1 rings (SSSR count). The lowest BCUT2D eigenvalue weighted by molar-refractivity contribution is 0.0396. The number of nitrogens with two attached hydrogens (primary N) is 1. The van der Waals surface area contributed by atoms with Gasteiger partial charge >= 0.3 is 0 Å². The first-order chi connectivity index (χ1) is 8.83. The Labute approximate surface area is 110 Å². The molecule has 3 heteroatoms. The summed E-state index contributed by atoms with van der Waals surface area (Å²) < 4.78 is 5.32. The van der Waals surface area contributed by atoms with Crippen LogP contribution >= 0.6 is 0 Å². The van der Waals surface area contributed by atoms with Crippen molar-refractivity contribution in [2.24, 2.45) is 5.73 Å². The summed E-state index contributed by atoms with van der Waals surface area (Å²) >= 11 is 0. The summed E-state index contributed by atoms with van der Waals surface area (Å²) in [5, 5.41) is 9.17. The third kappa shape index (κ3) is 7.43. The van der Waals surface area contributed by atoms with Crippen molar-refractivity contribution in [2.45, 2.75) is 38.2 Å². The maximum atomic E-state index is 9.17. The van der Waals surface area contributed by atoms with E-state index in [1.807, 2.05) is 0 Å². The van der Waals surface area contributed by atoms with E-state index in [1.54, 1.807) is 0 Å². The predicted molar refractivity (Wildman–Crippen MR) is 74.5 cm³/mol. The average molecular weight is 251 g/mol. The van der Waals surface area contributed by atoms with Crippen molar-refractivity contribution < 1.29 is 9.84 Å². The van der Waals surface area contributed by atoms with Crippen LogP contribution in [0.2, 0.25) is 0 Å². The van der Waals surface area contributed by atoms with Crippen LogP contribution in [-0.2, 0) is 11.2 Å². The zero-order valence-corrected chi connectivity index (χ0v) is 11.1. The lowest BCUT2D eigenvalue weighted by atomic mass is 10.1. The first-order valence-corrected chi connectivity index (χ1v) is 6.82. The summed E-state index contributed by atoms with van der Waals surface area (Å²) in [6, 6.07) is 10.6. The lowest BCUT2D eigenvalue weighted by Gasteiger charge is -2.08. The molecule has 18 heavy (non-hydrogen) atoms. The van der Waals surface area contributed by atoms with Crippen molar-refractivity contribution in [3.63, 3.8) is 0 Å². The van der Waals surface area contributed by atoms with Gasteiger partial charge in [-0.2, -0.15) is 0 Å². The van der Waals surface area contributed by atoms with E-state index < -0.39 is 6.10 Å². The summed E-state index contributed by atoms with van der Waals surface area (Å²) in [5.41, 5.74) is 6.69. The minimum Gasteiger partial charge on any atom is -0.389 e. The molecule has 1 aromatic carbocycles. The summed E-state index contributed by atoms with van der Waals surface area (Å²) in [7, 11) is 0. The monoisotopic (exact) mass is 251 g/mol. The lowest BCUT2D eigenvalue weighted by Crippen LogP contribution is -2.25. The van der Waals surface area contributed by atoms with Crippen LogP contribution in [0.3, 0.4) is 0 Å². The molecule has 0 amide bonds. The molecule has 3 N–H and O–H groups in total. The van der Waals surface area contributed by atoms with Gasteiger partial charge in [0.05, 0.1) is 12.7 Å². The van der Waals surface area contributed by atoms with E-state index >= 15 is 0 Å². The second kappa shape index (κ2) is 10.1. The maximum absolute atomic E-state index is 9.17. The fraction of sp³-hybridized carbons (Fsp3) is 0.600. The zero-order chi connectivity index (χ0) is 13.1. The molecule has 0 saturated carbocycles. The number of ether oxygens (including phenoxy) is 1. The van der Waals surface area contributed by atoms with Crippen LogP contribution in [0.5, 0.6) is 0 Å². The third-order valence-corrected chi connectivity index (χ3v) is 2.93. The Balaban J connectivity index is 1.87.